The van der Waals surface area contributed by atoms with E-state index in [0.717, 1.165) is 5.38 Å². The quantitative estimate of drug-likeness (QED) is 0.565. The highest BCUT2D eigenvalue weighted by atomic mass is 32.1. The van der Waals surface area contributed by atoms with Gasteiger partial charge in [-0.1, -0.05) is 13.3 Å². The molecule has 0 rings (SSSR count). The molecule has 0 spiro atoms. The molecule has 0 fully saturated rings. The minimum atomic E-state index is -1.96. The maximum Gasteiger partial charge on any atom is 0.311 e. The molecule has 98 valence electrons. The van der Waals surface area contributed by atoms with Crippen molar-refractivity contribution in [3.63, 3.8) is 0 Å². The van der Waals surface area contributed by atoms with Gasteiger partial charge in [0.2, 0.25) is 0 Å². The Bertz CT molecular complexity index is 220. The molecule has 0 bridgehead atoms. The molecule has 0 aliphatic rings. The largest absolute Gasteiger partial charge is 0.437 e. The molecular formula is C10H28O2SSi3. The minimum absolute atomic E-state index is 0.864. The molecule has 0 atom stereocenters. The van der Waals surface area contributed by atoms with E-state index in [4.69, 9.17) is 8.23 Å². The Morgan fingerprint density at radius 3 is 1.69 bits per heavy atom. The molecule has 0 saturated heterocycles. The molecular weight excluding hydrogens is 268 g/mol. The summed E-state index contributed by atoms with van der Waals surface area (Å²) in [6, 6.07) is 1.22. The van der Waals surface area contributed by atoms with Crippen LogP contribution in [-0.4, -0.2) is 30.6 Å². The first-order chi connectivity index (χ1) is 7.04. The van der Waals surface area contributed by atoms with Crippen LogP contribution in [0, 0.1) is 0 Å². The van der Waals surface area contributed by atoms with Crippen molar-refractivity contribution in [3.05, 3.63) is 0 Å². The molecule has 0 aliphatic carbocycles. The van der Waals surface area contributed by atoms with E-state index < -0.39 is 25.2 Å². The van der Waals surface area contributed by atoms with Gasteiger partial charge >= 0.3 is 8.56 Å². The number of hydrogen-bond acceptors (Lipinski definition) is 3. The molecule has 0 heterocycles. The number of rotatable bonds is 7. The zero-order chi connectivity index (χ0) is 13.0. The molecule has 0 N–H and O–H groups in total. The third-order valence-electron chi connectivity index (χ3n) is 2.28. The van der Waals surface area contributed by atoms with Crippen molar-refractivity contribution < 1.29 is 8.23 Å². The zero-order valence-electron chi connectivity index (χ0n) is 11.9. The van der Waals surface area contributed by atoms with Gasteiger partial charge < -0.3 is 8.23 Å². The summed E-state index contributed by atoms with van der Waals surface area (Å²) in [5.41, 5.74) is 0. The second-order valence-electron chi connectivity index (χ2n) is 6.03. The van der Waals surface area contributed by atoms with Crippen LogP contribution in [0.25, 0.3) is 0 Å². The van der Waals surface area contributed by atoms with Gasteiger partial charge in [0, 0.05) is 5.38 Å². The summed E-state index contributed by atoms with van der Waals surface area (Å²) in [6.45, 7) is 15.6. The predicted octanol–water partition coefficient (Wildman–Crippen LogP) is 4.01. The van der Waals surface area contributed by atoms with E-state index >= 15 is 0 Å². The van der Waals surface area contributed by atoms with E-state index in [1.807, 2.05) is 0 Å². The van der Waals surface area contributed by atoms with Gasteiger partial charge in [0.05, 0.1) is 0 Å². The molecule has 16 heavy (non-hydrogen) atoms. The normalized spacial score (nSPS) is 14.2. The smallest absolute Gasteiger partial charge is 0.311 e. The van der Waals surface area contributed by atoms with Crippen molar-refractivity contribution in [2.24, 2.45) is 0 Å². The number of hydrogen-bond donors (Lipinski definition) is 1. The van der Waals surface area contributed by atoms with Crippen molar-refractivity contribution in [2.45, 2.75) is 58.7 Å². The van der Waals surface area contributed by atoms with E-state index in [1.54, 1.807) is 0 Å². The molecule has 6 heteroatoms. The molecule has 0 radical (unpaired) electrons. The molecule has 2 nitrogen and oxygen atoms in total. The van der Waals surface area contributed by atoms with E-state index in [0.29, 0.717) is 0 Å². The van der Waals surface area contributed by atoms with E-state index in [2.05, 4.69) is 58.8 Å². The first-order valence-electron chi connectivity index (χ1n) is 6.05. The molecule has 0 unspecified atom stereocenters. The van der Waals surface area contributed by atoms with Gasteiger partial charge in [0.25, 0.3) is 0 Å². The topological polar surface area (TPSA) is 18.5 Å². The molecule has 0 saturated carbocycles. The summed E-state index contributed by atoms with van der Waals surface area (Å²) in [6.07, 6.45) is 1.21. The zero-order valence-corrected chi connectivity index (χ0v) is 15.8. The van der Waals surface area contributed by atoms with Crippen LogP contribution < -0.4 is 0 Å². The van der Waals surface area contributed by atoms with Gasteiger partial charge in [-0.2, -0.15) is 12.6 Å². The molecule has 0 amide bonds. The summed E-state index contributed by atoms with van der Waals surface area (Å²) in [4.78, 5) is 0. The lowest BCUT2D eigenvalue weighted by Gasteiger charge is -2.38. The van der Waals surface area contributed by atoms with Gasteiger partial charge in [-0.3, -0.25) is 0 Å². The predicted molar refractivity (Wildman–Crippen MR) is 83.6 cm³/mol. The second-order valence-corrected chi connectivity index (χ2v) is 19.3. The minimum Gasteiger partial charge on any atom is -0.437 e. The first kappa shape index (κ1) is 16.9. The maximum absolute atomic E-state index is 6.36. The summed E-state index contributed by atoms with van der Waals surface area (Å²) >= 11 is 4.38. The SMILES string of the molecule is CCC[Si](C)(C)O[Si](C)(C)O[Si](C)(C)CS. The molecule has 0 aromatic heterocycles. The van der Waals surface area contributed by atoms with Gasteiger partial charge in [0.15, 0.2) is 16.6 Å². The van der Waals surface area contributed by atoms with E-state index in [-0.39, 0.29) is 0 Å². The van der Waals surface area contributed by atoms with Crippen molar-refractivity contribution in [1.82, 2.24) is 0 Å². The Hall–Kier alpha value is 0.921. The highest BCUT2D eigenvalue weighted by Crippen LogP contribution is 2.23. The molecule has 0 aromatic carbocycles. The lowest BCUT2D eigenvalue weighted by molar-refractivity contribution is 0.391. The maximum atomic E-state index is 6.36. The Labute approximate surface area is 110 Å². The lowest BCUT2D eigenvalue weighted by Crippen LogP contribution is -2.53. The Kier molecular flexibility index (Phi) is 6.55. The molecule has 0 aliphatic heterocycles. The lowest BCUT2D eigenvalue weighted by atomic mass is 10.6. The average molecular weight is 297 g/mol. The summed E-state index contributed by atoms with van der Waals surface area (Å²) in [5.74, 6) is 0. The standard InChI is InChI=1S/C10H28O2SSi3/c1-8-9-14(2,3)11-16(6,7)12-15(4,5)10-13/h13H,8-10H2,1-7H3. The van der Waals surface area contributed by atoms with Crippen LogP contribution >= 0.6 is 12.6 Å². The Morgan fingerprint density at radius 2 is 1.31 bits per heavy atom. The van der Waals surface area contributed by atoms with Crippen molar-refractivity contribution in [3.8, 4) is 0 Å². The van der Waals surface area contributed by atoms with Crippen molar-refractivity contribution in [1.29, 1.82) is 0 Å². The van der Waals surface area contributed by atoms with Crippen molar-refractivity contribution in [2.75, 3.05) is 5.38 Å². The van der Waals surface area contributed by atoms with Crippen LogP contribution in [0.3, 0.4) is 0 Å². The van der Waals surface area contributed by atoms with Crippen molar-refractivity contribution >= 4 is 37.8 Å². The second kappa shape index (κ2) is 6.19. The molecule has 0 aromatic rings. The van der Waals surface area contributed by atoms with Crippen LogP contribution in [0.15, 0.2) is 0 Å². The summed E-state index contributed by atoms with van der Waals surface area (Å²) in [7, 11) is -5.09. The Morgan fingerprint density at radius 1 is 0.875 bits per heavy atom. The third kappa shape index (κ3) is 7.29. The fourth-order valence-corrected chi connectivity index (χ4v) is 15.7. The first-order valence-corrected chi connectivity index (χ1v) is 15.7. The van der Waals surface area contributed by atoms with Gasteiger partial charge in [-0.25, -0.2) is 0 Å². The summed E-state index contributed by atoms with van der Waals surface area (Å²) < 4.78 is 12.6. The summed E-state index contributed by atoms with van der Waals surface area (Å²) in [5, 5.41) is 0.864. The highest BCUT2D eigenvalue weighted by Gasteiger charge is 2.38. The fourth-order valence-electron chi connectivity index (χ4n) is 2.04. The van der Waals surface area contributed by atoms with Gasteiger partial charge in [-0.05, 0) is 45.3 Å². The average Bonchev–Trinajstić information content (AvgIpc) is 1.99. The van der Waals surface area contributed by atoms with Gasteiger partial charge in [-0.15, -0.1) is 0 Å². The monoisotopic (exact) mass is 296 g/mol. The highest BCUT2D eigenvalue weighted by molar-refractivity contribution is 7.82. The van der Waals surface area contributed by atoms with Gasteiger partial charge in [0.1, 0.15) is 0 Å². The van der Waals surface area contributed by atoms with Crippen LogP contribution in [0.5, 0.6) is 0 Å². The van der Waals surface area contributed by atoms with E-state index in [9.17, 15) is 0 Å². The third-order valence-corrected chi connectivity index (χ3v) is 15.4. The fraction of sp³-hybridized carbons (Fsp3) is 1.00. The Balaban J connectivity index is 4.45. The van der Waals surface area contributed by atoms with Crippen LogP contribution in [0.4, 0.5) is 0 Å². The van der Waals surface area contributed by atoms with E-state index in [1.165, 1.54) is 12.5 Å². The number of thiol groups is 1. The van der Waals surface area contributed by atoms with Crippen LogP contribution in [-0.2, 0) is 8.23 Å². The van der Waals surface area contributed by atoms with Crippen LogP contribution in [0.1, 0.15) is 13.3 Å². The van der Waals surface area contributed by atoms with Crippen LogP contribution in [0.2, 0.25) is 45.3 Å².